The summed E-state index contributed by atoms with van der Waals surface area (Å²) in [6.45, 7) is 5.69. The van der Waals surface area contributed by atoms with Gasteiger partial charge in [-0.25, -0.2) is 5.26 Å². The number of nitrogens with one attached hydrogen (secondary N) is 2. The third-order valence-corrected chi connectivity index (χ3v) is 10.8. The summed E-state index contributed by atoms with van der Waals surface area (Å²) < 4.78 is 48.5. The number of methoxy groups -OCH3 is 2. The van der Waals surface area contributed by atoms with Crippen LogP contribution in [-0.4, -0.2) is 57.6 Å². The van der Waals surface area contributed by atoms with Gasteiger partial charge in [-0.05, 0) is 104 Å². The van der Waals surface area contributed by atoms with Crippen molar-refractivity contribution < 1.29 is 47.3 Å². The maximum Gasteiger partial charge on any atom is 0.320 e. The first kappa shape index (κ1) is 45.4. The normalized spacial score (nSPS) is 11.9. The Hall–Kier alpha value is -7.67. The lowest BCUT2D eigenvalue weighted by atomic mass is 10.1. The highest BCUT2D eigenvalue weighted by Crippen LogP contribution is 2.46. The third kappa shape index (κ3) is 11.1. The van der Waals surface area contributed by atoms with Crippen LogP contribution >= 0.6 is 12.0 Å². The van der Waals surface area contributed by atoms with E-state index in [9.17, 15) is 23.2 Å². The fraction of sp³-hybridized carbons (Fsp3) is 0.119. The Morgan fingerprint density at radius 1 is 0.646 bits per heavy atom. The van der Waals surface area contributed by atoms with Gasteiger partial charge in [0.2, 0.25) is 11.9 Å². The van der Waals surface area contributed by atoms with Crippen LogP contribution in [0.3, 0.4) is 0 Å². The summed E-state index contributed by atoms with van der Waals surface area (Å²) in [5.41, 5.74) is 5.70. The van der Waals surface area contributed by atoms with Crippen molar-refractivity contribution in [1.82, 2.24) is 15.0 Å². The smallest absolute Gasteiger partial charge is 0.320 e. The molecule has 0 spiro atoms. The van der Waals surface area contributed by atoms with Crippen LogP contribution < -0.4 is 20.1 Å². The number of hydrogen-bond acceptors (Lipinski definition) is 21. The number of azo groups is 3. The van der Waals surface area contributed by atoms with Crippen molar-refractivity contribution in [1.29, 1.82) is 0 Å². The first-order chi connectivity index (χ1) is 31.2. The molecule has 0 unspecified atom stereocenters. The number of fused-ring (bicyclic) bond motifs is 1. The van der Waals surface area contributed by atoms with Crippen molar-refractivity contribution in [3.63, 3.8) is 0 Å². The molecule has 0 saturated heterocycles. The minimum Gasteiger partial charge on any atom is -0.505 e. The average Bonchev–Trinajstić information content (AvgIpc) is 3.27. The predicted molar refractivity (Wildman–Crippen MR) is 240 cm³/mol. The molecule has 332 valence electrons. The minimum atomic E-state index is -4.48. The number of rotatable bonds is 16. The van der Waals surface area contributed by atoms with Crippen LogP contribution in [0.1, 0.15) is 16.7 Å². The standard InChI is InChI=1S/C42H37N11O10S2/c1-22-9-11-26(12-10-22)48-49-31-20-35(60-4)33(15-23(31)2)51-50-32-21-36(61-5)34(16-24(32)3)52-53-38-37(64-63-62-56)18-25-17-28(13-14-30(25)39(38)54)44-41-45-40(46-42(55)47-41)43-27-7-6-8-29(19-27)65(57,58)59/h6-21,54,56H,1-5H3,(H,57,58,59)(H3,43,44,45,46,47,55). The Labute approximate surface area is 374 Å². The second-order valence-corrected chi connectivity index (χ2v) is 16.0. The highest BCUT2D eigenvalue weighted by Gasteiger charge is 2.18. The van der Waals surface area contributed by atoms with Gasteiger partial charge in [0.25, 0.3) is 10.1 Å². The van der Waals surface area contributed by atoms with Gasteiger partial charge < -0.3 is 30.3 Å². The summed E-state index contributed by atoms with van der Waals surface area (Å²) in [5.74, 6) is 0.174. The van der Waals surface area contributed by atoms with Crippen LogP contribution in [0.25, 0.3) is 10.8 Å². The van der Waals surface area contributed by atoms with E-state index >= 15 is 0 Å². The molecule has 1 aromatic heterocycles. The van der Waals surface area contributed by atoms with E-state index in [-0.39, 0.29) is 50.2 Å². The third-order valence-electron chi connectivity index (χ3n) is 9.30. The minimum absolute atomic E-state index is 0.0378. The Balaban J connectivity index is 1.13. The first-order valence-electron chi connectivity index (χ1n) is 18.9. The van der Waals surface area contributed by atoms with Crippen molar-refractivity contribution >= 4 is 90.3 Å². The lowest BCUT2D eigenvalue weighted by Crippen LogP contribution is -2.04. The molecular formula is C42H37N11O10S2. The fourth-order valence-electron chi connectivity index (χ4n) is 6.07. The van der Waals surface area contributed by atoms with Gasteiger partial charge >= 0.3 is 6.01 Å². The van der Waals surface area contributed by atoms with Gasteiger partial charge in [0.05, 0.1) is 53.1 Å². The summed E-state index contributed by atoms with van der Waals surface area (Å²) in [4.78, 5) is 11.8. The lowest BCUT2D eigenvalue weighted by Gasteiger charge is -2.12. The van der Waals surface area contributed by atoms with Gasteiger partial charge in [0, 0.05) is 28.9 Å². The SMILES string of the molecule is COc1cc(N=Nc2ccc(C)cc2)c(C)cc1N=Nc1cc(OC)c(N=Nc2c(SOOO)cc3cc(Nc4nc(O)nc(Nc5cccc(S(=O)(=O)O)c5)n4)ccc3c2O)cc1C. The molecule has 0 radical (unpaired) electrons. The quantitative estimate of drug-likeness (QED) is 0.0173. The van der Waals surface area contributed by atoms with Crippen molar-refractivity contribution in [2.75, 3.05) is 24.9 Å². The fourth-order valence-corrected chi connectivity index (χ4v) is 7.09. The summed E-state index contributed by atoms with van der Waals surface area (Å²) in [6, 6.07) is 25.5. The molecule has 0 aliphatic heterocycles. The van der Waals surface area contributed by atoms with E-state index in [1.807, 2.05) is 38.1 Å². The molecule has 7 rings (SSSR count). The van der Waals surface area contributed by atoms with E-state index in [1.165, 1.54) is 32.4 Å². The number of phenols is 1. The second-order valence-electron chi connectivity index (χ2n) is 13.8. The summed E-state index contributed by atoms with van der Waals surface area (Å²) >= 11 is 0.541. The molecule has 7 aromatic rings. The number of benzene rings is 6. The molecule has 6 N–H and O–H groups in total. The van der Waals surface area contributed by atoms with Crippen LogP contribution in [0.2, 0.25) is 0 Å². The molecule has 23 heteroatoms. The van der Waals surface area contributed by atoms with E-state index in [1.54, 1.807) is 55.5 Å². The van der Waals surface area contributed by atoms with Gasteiger partial charge in [0.15, 0.2) is 5.75 Å². The molecule has 21 nitrogen and oxygen atoms in total. The molecule has 0 saturated carbocycles. The zero-order valence-electron chi connectivity index (χ0n) is 34.8. The summed E-state index contributed by atoms with van der Waals surface area (Å²) in [6.07, 6.45) is 0. The topological polar surface area (TPSA) is 289 Å². The zero-order chi connectivity index (χ0) is 46.3. The Morgan fingerprint density at radius 3 is 1.83 bits per heavy atom. The van der Waals surface area contributed by atoms with E-state index < -0.39 is 16.1 Å². The van der Waals surface area contributed by atoms with Crippen molar-refractivity contribution in [2.45, 2.75) is 30.6 Å². The van der Waals surface area contributed by atoms with Gasteiger partial charge in [-0.15, -0.1) is 19.7 Å². The van der Waals surface area contributed by atoms with Crippen molar-refractivity contribution in [2.24, 2.45) is 30.7 Å². The number of anilines is 4. The largest absolute Gasteiger partial charge is 0.505 e. The number of hydrogen-bond donors (Lipinski definition) is 6. The maximum absolute atomic E-state index is 11.6. The average molecular weight is 920 g/mol. The summed E-state index contributed by atoms with van der Waals surface area (Å²) in [7, 11) is -1.50. The van der Waals surface area contributed by atoms with Gasteiger partial charge in [-0.1, -0.05) is 28.8 Å². The van der Waals surface area contributed by atoms with E-state index in [0.29, 0.717) is 56.9 Å². The molecule has 0 aliphatic rings. The number of ether oxygens (including phenoxy) is 2. The molecule has 65 heavy (non-hydrogen) atoms. The van der Waals surface area contributed by atoms with Gasteiger partial charge in [-0.2, -0.15) is 38.7 Å². The first-order valence-corrected chi connectivity index (χ1v) is 21.1. The van der Waals surface area contributed by atoms with E-state index in [0.717, 1.165) is 22.9 Å². The molecule has 0 bridgehead atoms. The number of aryl methyl sites for hydroxylation is 3. The van der Waals surface area contributed by atoms with Crippen LogP contribution in [0.5, 0.6) is 23.3 Å². The molecule has 0 fully saturated rings. The number of aromatic nitrogens is 3. The lowest BCUT2D eigenvalue weighted by molar-refractivity contribution is -0.432. The van der Waals surface area contributed by atoms with Crippen LogP contribution in [0.4, 0.5) is 57.4 Å². The molecule has 0 atom stereocenters. The van der Waals surface area contributed by atoms with Crippen molar-refractivity contribution in [3.05, 3.63) is 114 Å². The Kier molecular flexibility index (Phi) is 13.8. The van der Waals surface area contributed by atoms with E-state index in [2.05, 4.69) is 61.3 Å². The Bertz CT molecular complexity index is 3120. The van der Waals surface area contributed by atoms with Crippen molar-refractivity contribution in [3.8, 4) is 23.3 Å². The van der Waals surface area contributed by atoms with Crippen LogP contribution in [0.15, 0.2) is 138 Å². The van der Waals surface area contributed by atoms with Gasteiger partial charge in [0.1, 0.15) is 28.6 Å². The maximum atomic E-state index is 11.6. The van der Waals surface area contributed by atoms with Crippen LogP contribution in [-0.2, 0) is 19.5 Å². The van der Waals surface area contributed by atoms with E-state index in [4.69, 9.17) is 19.1 Å². The number of phenolic OH excluding ortho intramolecular Hbond substituents is 1. The molecule has 0 amide bonds. The molecular weight excluding hydrogens is 883 g/mol. The monoisotopic (exact) mass is 919 g/mol. The Morgan fingerprint density at radius 2 is 1.23 bits per heavy atom. The number of nitrogens with zero attached hydrogens (tertiary/aromatic N) is 9. The predicted octanol–water partition coefficient (Wildman–Crippen LogP) is 11.8. The highest BCUT2D eigenvalue weighted by molar-refractivity contribution is 7.94. The number of aromatic hydroxyl groups is 2. The zero-order valence-corrected chi connectivity index (χ0v) is 36.5. The van der Waals surface area contributed by atoms with Gasteiger partial charge in [-0.3, -0.25) is 4.55 Å². The molecule has 6 aromatic carbocycles. The molecule has 0 aliphatic carbocycles. The summed E-state index contributed by atoms with van der Waals surface area (Å²) in [5, 5.41) is 67.4. The highest BCUT2D eigenvalue weighted by atomic mass is 32.2. The second kappa shape index (κ2) is 19.8. The van der Waals surface area contributed by atoms with Crippen LogP contribution in [0, 0.1) is 20.8 Å². The molecule has 1 heterocycles.